The van der Waals surface area contributed by atoms with E-state index in [1.165, 1.54) is 5.56 Å². The van der Waals surface area contributed by atoms with Gasteiger partial charge in [-0.05, 0) is 55.4 Å². The van der Waals surface area contributed by atoms with Gasteiger partial charge in [-0.15, -0.1) is 16.4 Å². The molecule has 1 aliphatic rings. The van der Waals surface area contributed by atoms with Gasteiger partial charge in [-0.2, -0.15) is 0 Å². The second kappa shape index (κ2) is 16.6. The number of carbonyl (C=O) groups excluding carboxylic acids is 2. The first kappa shape index (κ1) is 32.7. The molecule has 0 spiro atoms. The van der Waals surface area contributed by atoms with Crippen LogP contribution in [0, 0.1) is 0 Å². The Morgan fingerprint density at radius 2 is 1.75 bits per heavy atom. The predicted octanol–water partition coefficient (Wildman–Crippen LogP) is 5.83. The summed E-state index contributed by atoms with van der Waals surface area (Å²) in [6.07, 6.45) is 5.63. The van der Waals surface area contributed by atoms with Gasteiger partial charge in [0.05, 0.1) is 35.4 Å². The normalized spacial score (nSPS) is 12.6. The number of hydrogen-bond donors (Lipinski definition) is 2. The molecule has 0 radical (unpaired) electrons. The van der Waals surface area contributed by atoms with Gasteiger partial charge in [0.2, 0.25) is 0 Å². The SMILES string of the molecule is O=C(NCCCCc1cn(-c2ccc(-c3nc(CCc4ccccc4)cs3)c(OCCN3CCNC3=O)c2)nn1)OCc1ccccc1. The van der Waals surface area contributed by atoms with Crippen molar-refractivity contribution in [3.8, 4) is 22.0 Å². The lowest BCUT2D eigenvalue weighted by molar-refractivity contribution is 0.139. The Bertz CT molecular complexity index is 1780. The zero-order chi connectivity index (χ0) is 33.0. The summed E-state index contributed by atoms with van der Waals surface area (Å²) in [6.45, 7) is 2.93. The van der Waals surface area contributed by atoms with Crippen LogP contribution in [0.25, 0.3) is 16.3 Å². The molecule has 48 heavy (non-hydrogen) atoms. The minimum Gasteiger partial charge on any atom is -0.491 e. The summed E-state index contributed by atoms with van der Waals surface area (Å²) in [5.41, 5.74) is 5.85. The number of amides is 3. The molecule has 0 bridgehead atoms. The van der Waals surface area contributed by atoms with Crippen molar-refractivity contribution in [2.75, 3.05) is 32.8 Å². The first-order chi connectivity index (χ1) is 23.6. The molecule has 5 aromatic rings. The fourth-order valence-electron chi connectivity index (χ4n) is 5.34. The molecule has 1 fully saturated rings. The maximum Gasteiger partial charge on any atom is 0.407 e. The van der Waals surface area contributed by atoms with E-state index in [0.29, 0.717) is 38.5 Å². The topological polar surface area (TPSA) is 124 Å². The number of nitrogens with one attached hydrogen (secondary N) is 2. The van der Waals surface area contributed by atoms with E-state index in [2.05, 4.69) is 50.6 Å². The molecule has 0 atom stereocenters. The van der Waals surface area contributed by atoms with Crippen molar-refractivity contribution >= 4 is 23.5 Å². The number of ether oxygens (including phenoxy) is 2. The molecule has 0 aliphatic carbocycles. The summed E-state index contributed by atoms with van der Waals surface area (Å²) in [5, 5.41) is 17.4. The van der Waals surface area contributed by atoms with Gasteiger partial charge in [0.15, 0.2) is 0 Å². The highest BCUT2D eigenvalue weighted by Crippen LogP contribution is 2.34. The van der Waals surface area contributed by atoms with Crippen LogP contribution in [-0.2, 0) is 30.6 Å². The number of aryl methyl sites for hydroxylation is 3. The highest BCUT2D eigenvalue weighted by Gasteiger charge is 2.20. The molecule has 1 saturated heterocycles. The molecule has 1 aliphatic heterocycles. The number of carbonyl (C=O) groups is 2. The molecule has 0 saturated carbocycles. The van der Waals surface area contributed by atoms with E-state index in [0.717, 1.165) is 65.3 Å². The fraction of sp³-hybridized carbons (Fsp3) is 0.306. The average Bonchev–Trinajstić information content (AvgIpc) is 3.89. The molecule has 6 rings (SSSR count). The van der Waals surface area contributed by atoms with Crippen LogP contribution in [0.5, 0.6) is 5.75 Å². The highest BCUT2D eigenvalue weighted by atomic mass is 32.1. The number of hydrogen-bond acceptors (Lipinski definition) is 8. The first-order valence-electron chi connectivity index (χ1n) is 16.3. The number of unbranched alkanes of at least 4 members (excludes halogenated alkanes) is 1. The minimum absolute atomic E-state index is 0.0653. The summed E-state index contributed by atoms with van der Waals surface area (Å²) in [6, 6.07) is 25.9. The summed E-state index contributed by atoms with van der Waals surface area (Å²) in [4.78, 5) is 30.7. The Morgan fingerprint density at radius 3 is 2.54 bits per heavy atom. The largest absolute Gasteiger partial charge is 0.491 e. The first-order valence-corrected chi connectivity index (χ1v) is 17.1. The van der Waals surface area contributed by atoms with Crippen LogP contribution < -0.4 is 15.4 Å². The lowest BCUT2D eigenvalue weighted by Crippen LogP contribution is -2.31. The van der Waals surface area contributed by atoms with E-state index in [-0.39, 0.29) is 12.6 Å². The third-order valence-corrected chi connectivity index (χ3v) is 8.90. The lowest BCUT2D eigenvalue weighted by Gasteiger charge is -2.16. The number of alkyl carbamates (subject to hydrolysis) is 1. The summed E-state index contributed by atoms with van der Waals surface area (Å²) in [7, 11) is 0. The monoisotopic (exact) mass is 665 g/mol. The van der Waals surface area contributed by atoms with Crippen molar-refractivity contribution < 1.29 is 19.1 Å². The molecule has 3 aromatic carbocycles. The number of rotatable bonds is 16. The van der Waals surface area contributed by atoms with Gasteiger partial charge in [0, 0.05) is 31.1 Å². The smallest absolute Gasteiger partial charge is 0.407 e. The molecular formula is C36H39N7O4S. The van der Waals surface area contributed by atoms with Crippen molar-refractivity contribution in [1.82, 2.24) is 35.5 Å². The van der Waals surface area contributed by atoms with E-state index in [1.807, 2.05) is 60.8 Å². The van der Waals surface area contributed by atoms with Crippen LogP contribution >= 0.6 is 11.3 Å². The van der Waals surface area contributed by atoms with E-state index < -0.39 is 6.09 Å². The van der Waals surface area contributed by atoms with Gasteiger partial charge >= 0.3 is 12.1 Å². The summed E-state index contributed by atoms with van der Waals surface area (Å²) >= 11 is 1.60. The maximum absolute atomic E-state index is 12.0. The van der Waals surface area contributed by atoms with Crippen molar-refractivity contribution in [1.29, 1.82) is 0 Å². The zero-order valence-corrected chi connectivity index (χ0v) is 27.5. The molecule has 12 heteroatoms. The van der Waals surface area contributed by atoms with Crippen LogP contribution in [0.4, 0.5) is 9.59 Å². The van der Waals surface area contributed by atoms with E-state index in [4.69, 9.17) is 14.5 Å². The standard InChI is InChI=1S/C36H39N7O4S/c44-35-37-19-20-42(35)21-22-46-33-23-31(16-17-32(33)34-39-30(26-48-34)15-14-27-9-3-1-4-10-27)43-24-29(40-41-43)13-7-8-18-38-36(45)47-25-28-11-5-2-6-12-28/h1-6,9-12,16-17,23-24,26H,7-8,13-15,18-22,25H2,(H,37,44)(H,38,45). The second-order valence-electron chi connectivity index (χ2n) is 11.5. The Morgan fingerprint density at radius 1 is 0.938 bits per heavy atom. The third kappa shape index (κ3) is 9.19. The van der Waals surface area contributed by atoms with Crippen LogP contribution in [0.15, 0.2) is 90.4 Å². The molecular weight excluding hydrogens is 627 g/mol. The number of aromatic nitrogens is 4. The number of urea groups is 1. The Balaban J connectivity index is 1.05. The second-order valence-corrected chi connectivity index (χ2v) is 12.3. The van der Waals surface area contributed by atoms with Crippen LogP contribution in [0.3, 0.4) is 0 Å². The quantitative estimate of drug-likeness (QED) is 0.127. The van der Waals surface area contributed by atoms with Gasteiger partial charge in [-0.1, -0.05) is 65.9 Å². The Kier molecular flexibility index (Phi) is 11.3. The summed E-state index contributed by atoms with van der Waals surface area (Å²) in [5.74, 6) is 0.679. The molecule has 2 aromatic heterocycles. The molecule has 2 N–H and O–H groups in total. The average molecular weight is 666 g/mol. The third-order valence-electron chi connectivity index (χ3n) is 7.97. The van der Waals surface area contributed by atoms with Crippen LogP contribution in [0.1, 0.15) is 35.4 Å². The molecule has 248 valence electrons. The molecule has 0 unspecified atom stereocenters. The number of benzene rings is 3. The predicted molar refractivity (Wildman–Crippen MR) is 184 cm³/mol. The van der Waals surface area contributed by atoms with Crippen molar-refractivity contribution in [2.24, 2.45) is 0 Å². The molecule has 11 nitrogen and oxygen atoms in total. The number of thiazole rings is 1. The van der Waals surface area contributed by atoms with E-state index in [1.54, 1.807) is 20.9 Å². The Labute approximate surface area is 283 Å². The van der Waals surface area contributed by atoms with E-state index >= 15 is 0 Å². The van der Waals surface area contributed by atoms with Crippen molar-refractivity contribution in [3.63, 3.8) is 0 Å². The van der Waals surface area contributed by atoms with Crippen molar-refractivity contribution in [3.05, 3.63) is 113 Å². The maximum atomic E-state index is 12.0. The lowest BCUT2D eigenvalue weighted by atomic mass is 10.1. The molecule has 3 heterocycles. The summed E-state index contributed by atoms with van der Waals surface area (Å²) < 4.78 is 13.3. The minimum atomic E-state index is -0.420. The van der Waals surface area contributed by atoms with E-state index in [9.17, 15) is 9.59 Å². The zero-order valence-electron chi connectivity index (χ0n) is 26.7. The van der Waals surface area contributed by atoms with Gasteiger partial charge in [-0.3, -0.25) is 0 Å². The van der Waals surface area contributed by atoms with Gasteiger partial charge in [-0.25, -0.2) is 19.3 Å². The molecule has 3 amide bonds. The van der Waals surface area contributed by atoms with Crippen LogP contribution in [0.2, 0.25) is 0 Å². The Hall–Kier alpha value is -5.23. The fourth-order valence-corrected chi connectivity index (χ4v) is 6.22. The van der Waals surface area contributed by atoms with Crippen molar-refractivity contribution in [2.45, 2.75) is 38.7 Å². The van der Waals surface area contributed by atoms with Gasteiger partial charge < -0.3 is 25.0 Å². The van der Waals surface area contributed by atoms with Gasteiger partial charge in [0.25, 0.3) is 0 Å². The highest BCUT2D eigenvalue weighted by molar-refractivity contribution is 7.13. The van der Waals surface area contributed by atoms with Crippen LogP contribution in [-0.4, -0.2) is 69.8 Å². The number of nitrogens with zero attached hydrogens (tertiary/aromatic N) is 5. The van der Waals surface area contributed by atoms with Gasteiger partial charge in [0.1, 0.15) is 24.0 Å².